The molecule has 0 saturated heterocycles. The monoisotopic (exact) mass is 266 g/mol. The van der Waals surface area contributed by atoms with Gasteiger partial charge in [0, 0.05) is 17.2 Å². The summed E-state index contributed by atoms with van der Waals surface area (Å²) in [5, 5.41) is 0. The van der Waals surface area contributed by atoms with Gasteiger partial charge in [0.2, 0.25) is 5.69 Å². The molecule has 2 aromatic rings. The highest BCUT2D eigenvalue weighted by atomic mass is 14.9. The van der Waals surface area contributed by atoms with Crippen LogP contribution in [-0.4, -0.2) is 0 Å². The van der Waals surface area contributed by atoms with Crippen molar-refractivity contribution >= 4 is 0 Å². The first-order valence-electron chi connectivity index (χ1n) is 7.58. The van der Waals surface area contributed by atoms with E-state index in [1.807, 2.05) is 0 Å². The normalized spacial score (nSPS) is 16.8. The number of aromatic nitrogens is 1. The minimum Gasteiger partial charge on any atom is -0.201 e. The zero-order chi connectivity index (χ0) is 14.3. The van der Waals surface area contributed by atoms with Gasteiger partial charge in [-0.2, -0.15) is 0 Å². The van der Waals surface area contributed by atoms with Gasteiger partial charge in [-0.1, -0.05) is 32.0 Å². The van der Waals surface area contributed by atoms with Crippen molar-refractivity contribution in [2.75, 3.05) is 0 Å². The number of rotatable bonds is 1. The Morgan fingerprint density at radius 2 is 1.90 bits per heavy atom. The Hall–Kier alpha value is -1.63. The van der Waals surface area contributed by atoms with Crippen molar-refractivity contribution in [3.05, 3.63) is 53.2 Å². The summed E-state index contributed by atoms with van der Waals surface area (Å²) >= 11 is 0. The van der Waals surface area contributed by atoms with Crippen molar-refractivity contribution in [2.24, 2.45) is 7.05 Å². The molecular formula is C19H24N+. The maximum Gasteiger partial charge on any atom is 0.212 e. The predicted octanol–water partition coefficient (Wildman–Crippen LogP) is 4.10. The van der Waals surface area contributed by atoms with E-state index in [-0.39, 0.29) is 0 Å². The molecule has 0 fully saturated rings. The molecule has 104 valence electrons. The van der Waals surface area contributed by atoms with Crippen LogP contribution in [0.3, 0.4) is 0 Å². The molecule has 0 amide bonds. The lowest BCUT2D eigenvalue weighted by Crippen LogP contribution is -2.36. The maximum absolute atomic E-state index is 2.42. The lowest BCUT2D eigenvalue weighted by atomic mass is 9.73. The second kappa shape index (κ2) is 4.73. The molecular weight excluding hydrogens is 242 g/mol. The fourth-order valence-electron chi connectivity index (χ4n) is 3.49. The molecule has 0 unspecified atom stereocenters. The maximum atomic E-state index is 2.42. The highest BCUT2D eigenvalue weighted by Crippen LogP contribution is 2.37. The third kappa shape index (κ3) is 2.15. The van der Waals surface area contributed by atoms with Gasteiger partial charge in [-0.05, 0) is 48.8 Å². The van der Waals surface area contributed by atoms with Crippen LogP contribution in [0.25, 0.3) is 11.3 Å². The smallest absolute Gasteiger partial charge is 0.201 e. The third-order valence-corrected chi connectivity index (χ3v) is 4.76. The number of aryl methyl sites for hydroxylation is 3. The Morgan fingerprint density at radius 3 is 2.65 bits per heavy atom. The minimum absolute atomic E-state index is 0.315. The fourth-order valence-corrected chi connectivity index (χ4v) is 3.49. The minimum atomic E-state index is 0.315. The molecule has 1 aliphatic rings. The quantitative estimate of drug-likeness (QED) is 0.684. The van der Waals surface area contributed by atoms with E-state index in [0.29, 0.717) is 5.41 Å². The molecule has 20 heavy (non-hydrogen) atoms. The zero-order valence-electron chi connectivity index (χ0n) is 13.0. The highest BCUT2D eigenvalue weighted by molar-refractivity contribution is 5.62. The molecule has 0 bridgehead atoms. The van der Waals surface area contributed by atoms with Crippen LogP contribution in [-0.2, 0) is 18.9 Å². The molecule has 1 aliphatic carbocycles. The van der Waals surface area contributed by atoms with Crippen molar-refractivity contribution in [1.29, 1.82) is 0 Å². The van der Waals surface area contributed by atoms with Crippen LogP contribution in [0, 0.1) is 6.92 Å². The molecule has 0 N–H and O–H groups in total. The number of nitrogens with zero attached hydrogens (tertiary/aromatic N) is 1. The summed E-state index contributed by atoms with van der Waals surface area (Å²) < 4.78 is 2.30. The van der Waals surface area contributed by atoms with Gasteiger partial charge in [-0.3, -0.25) is 0 Å². The summed E-state index contributed by atoms with van der Waals surface area (Å²) in [7, 11) is 2.17. The van der Waals surface area contributed by atoms with Gasteiger partial charge in [-0.15, -0.1) is 0 Å². The molecule has 0 saturated carbocycles. The lowest BCUT2D eigenvalue weighted by Gasteiger charge is -2.31. The Kier molecular flexibility index (Phi) is 3.16. The van der Waals surface area contributed by atoms with E-state index >= 15 is 0 Å². The van der Waals surface area contributed by atoms with Gasteiger partial charge < -0.3 is 0 Å². The average molecular weight is 266 g/mol. The van der Waals surface area contributed by atoms with Crippen LogP contribution in [0.5, 0.6) is 0 Å². The Labute approximate surface area is 122 Å². The number of pyridine rings is 1. The number of benzene rings is 1. The Bertz CT molecular complexity index is 653. The molecule has 1 heteroatoms. The van der Waals surface area contributed by atoms with E-state index in [4.69, 9.17) is 0 Å². The molecule has 1 aromatic carbocycles. The molecule has 3 rings (SSSR count). The van der Waals surface area contributed by atoms with E-state index in [1.165, 1.54) is 47.2 Å². The first-order valence-corrected chi connectivity index (χ1v) is 7.58. The van der Waals surface area contributed by atoms with E-state index in [1.54, 1.807) is 0 Å². The van der Waals surface area contributed by atoms with Crippen LogP contribution in [0.15, 0.2) is 36.5 Å². The second-order valence-corrected chi connectivity index (χ2v) is 6.76. The SMILES string of the molecule is Cc1ccccc1-c1cc2c(c[n+]1C)C(C)(C)CCC2. The Balaban J connectivity index is 2.18. The molecule has 0 spiro atoms. The molecule has 1 heterocycles. The molecule has 1 aromatic heterocycles. The predicted molar refractivity (Wildman–Crippen MR) is 83.8 cm³/mol. The second-order valence-electron chi connectivity index (χ2n) is 6.76. The standard InChI is InChI=1S/C19H24N/c1-14-8-5-6-10-16(14)18-12-15-9-7-11-19(2,3)17(15)13-20(18)4/h5-6,8,10,12-13H,7,9,11H2,1-4H3/q+1. The summed E-state index contributed by atoms with van der Waals surface area (Å²) in [5.41, 5.74) is 7.41. The number of fused-ring (bicyclic) bond motifs is 1. The largest absolute Gasteiger partial charge is 0.212 e. The summed E-state index contributed by atoms with van der Waals surface area (Å²) in [4.78, 5) is 0. The number of hydrogen-bond acceptors (Lipinski definition) is 0. The topological polar surface area (TPSA) is 3.88 Å². The summed E-state index contributed by atoms with van der Waals surface area (Å²) in [6, 6.07) is 11.1. The summed E-state index contributed by atoms with van der Waals surface area (Å²) in [6.45, 7) is 6.94. The highest BCUT2D eigenvalue weighted by Gasteiger charge is 2.31. The van der Waals surface area contributed by atoms with Crippen LogP contribution in [0.4, 0.5) is 0 Å². The van der Waals surface area contributed by atoms with Gasteiger partial charge in [0.25, 0.3) is 0 Å². The van der Waals surface area contributed by atoms with E-state index in [9.17, 15) is 0 Å². The average Bonchev–Trinajstić information content (AvgIpc) is 2.40. The van der Waals surface area contributed by atoms with Gasteiger partial charge in [0.15, 0.2) is 6.20 Å². The molecule has 0 aliphatic heterocycles. The molecule has 0 atom stereocenters. The first kappa shape index (κ1) is 13.4. The van der Waals surface area contributed by atoms with Crippen LogP contribution in [0.2, 0.25) is 0 Å². The van der Waals surface area contributed by atoms with Crippen LogP contribution in [0.1, 0.15) is 43.4 Å². The van der Waals surface area contributed by atoms with Gasteiger partial charge in [0.05, 0.1) is 0 Å². The summed E-state index contributed by atoms with van der Waals surface area (Å²) in [6.07, 6.45) is 6.18. The van der Waals surface area contributed by atoms with E-state index < -0.39 is 0 Å². The first-order chi connectivity index (χ1) is 9.49. The van der Waals surface area contributed by atoms with E-state index in [2.05, 4.69) is 68.9 Å². The van der Waals surface area contributed by atoms with Gasteiger partial charge in [-0.25, -0.2) is 4.57 Å². The molecule has 0 radical (unpaired) electrons. The van der Waals surface area contributed by atoms with Crippen molar-refractivity contribution in [3.63, 3.8) is 0 Å². The molecule has 1 nitrogen and oxygen atoms in total. The van der Waals surface area contributed by atoms with Crippen molar-refractivity contribution in [3.8, 4) is 11.3 Å². The third-order valence-electron chi connectivity index (χ3n) is 4.76. The van der Waals surface area contributed by atoms with E-state index in [0.717, 1.165) is 0 Å². The van der Waals surface area contributed by atoms with Crippen molar-refractivity contribution in [1.82, 2.24) is 0 Å². The zero-order valence-corrected chi connectivity index (χ0v) is 13.0. The van der Waals surface area contributed by atoms with Crippen LogP contribution < -0.4 is 4.57 Å². The Morgan fingerprint density at radius 1 is 1.15 bits per heavy atom. The van der Waals surface area contributed by atoms with Crippen molar-refractivity contribution < 1.29 is 4.57 Å². The fraction of sp³-hybridized carbons (Fsp3) is 0.421. The summed E-state index contributed by atoms with van der Waals surface area (Å²) in [5.74, 6) is 0. The van der Waals surface area contributed by atoms with Gasteiger partial charge >= 0.3 is 0 Å². The van der Waals surface area contributed by atoms with Crippen molar-refractivity contribution in [2.45, 2.75) is 45.4 Å². The van der Waals surface area contributed by atoms with Gasteiger partial charge in [0.1, 0.15) is 7.05 Å². The lowest BCUT2D eigenvalue weighted by molar-refractivity contribution is -0.661. The number of hydrogen-bond donors (Lipinski definition) is 0. The van der Waals surface area contributed by atoms with Crippen LogP contribution >= 0.6 is 0 Å².